The summed E-state index contributed by atoms with van der Waals surface area (Å²) in [6, 6.07) is 36.1. The van der Waals surface area contributed by atoms with Crippen molar-refractivity contribution in [3.63, 3.8) is 0 Å². The topological polar surface area (TPSA) is 137 Å². The summed E-state index contributed by atoms with van der Waals surface area (Å²) in [4.78, 5) is 28.7. The van der Waals surface area contributed by atoms with Gasteiger partial charge in [-0.1, -0.05) is 72.6 Å². The smallest absolute Gasteiger partial charge is 0.293 e. The zero-order valence-electron chi connectivity index (χ0n) is 33.8. The molecule has 316 valence electrons. The van der Waals surface area contributed by atoms with Crippen LogP contribution in [0.5, 0.6) is 0 Å². The Morgan fingerprint density at radius 2 is 1.56 bits per heavy atom. The first-order valence-electron chi connectivity index (χ1n) is 20.7. The molecule has 2 fully saturated rings. The van der Waals surface area contributed by atoms with Crippen molar-refractivity contribution in [3.05, 3.63) is 142 Å². The van der Waals surface area contributed by atoms with Gasteiger partial charge in [0, 0.05) is 78.1 Å². The highest BCUT2D eigenvalue weighted by Crippen LogP contribution is 2.33. The number of nitrogens with one attached hydrogen (secondary N) is 2. The number of sulfonamides is 1. The predicted molar refractivity (Wildman–Crippen MR) is 247 cm³/mol. The molecule has 0 unspecified atom stereocenters. The second-order valence-corrected chi connectivity index (χ2v) is 18.8. The van der Waals surface area contributed by atoms with Crippen molar-refractivity contribution in [2.45, 2.75) is 48.1 Å². The molecule has 3 heterocycles. The maximum atomic E-state index is 13.8. The summed E-state index contributed by atoms with van der Waals surface area (Å²) in [6.45, 7) is 7.06. The summed E-state index contributed by atoms with van der Waals surface area (Å²) in [5.74, 6) is 0.785. The Kier molecular flexibility index (Phi) is 13.7. The third kappa shape index (κ3) is 10.8. The predicted octanol–water partition coefficient (Wildman–Crippen LogP) is 9.43. The minimum atomic E-state index is -4.27. The van der Waals surface area contributed by atoms with Crippen molar-refractivity contribution in [2.75, 3.05) is 66.5 Å². The quantitative estimate of drug-likeness (QED) is 0.0547. The number of fused-ring (bicyclic) bond motifs is 1. The molecule has 61 heavy (non-hydrogen) atoms. The molecule has 6 aromatic rings. The molecule has 2 saturated heterocycles. The van der Waals surface area contributed by atoms with E-state index < -0.39 is 14.9 Å². The third-order valence-corrected chi connectivity index (χ3v) is 14.2. The Bertz CT molecular complexity index is 2560. The van der Waals surface area contributed by atoms with E-state index in [-0.39, 0.29) is 28.1 Å². The van der Waals surface area contributed by atoms with Gasteiger partial charge in [-0.3, -0.25) is 19.7 Å². The Labute approximate surface area is 366 Å². The van der Waals surface area contributed by atoms with Crippen LogP contribution in [-0.2, 0) is 16.6 Å². The molecule has 12 nitrogen and oxygen atoms in total. The number of rotatable bonds is 16. The minimum Gasteiger partial charge on any atom is -0.376 e. The lowest BCUT2D eigenvalue weighted by molar-refractivity contribution is -0.384. The number of benzene rings is 5. The van der Waals surface area contributed by atoms with E-state index in [4.69, 9.17) is 11.6 Å². The van der Waals surface area contributed by atoms with Crippen molar-refractivity contribution in [2.24, 2.45) is 0 Å². The SMILES string of the molecule is O=[N+]([O-])c1cc(S(=O)(=O)Nc2ncnc3cc(N4CCN(Cc5cc(Cl)ccc5-c5ccccc5)CC4)ccc23)ccc1N[C@H](CCN1CCCCC1)CSc1ccccc1. The number of nitrogens with zero attached hydrogens (tertiary/aromatic N) is 6. The van der Waals surface area contributed by atoms with E-state index in [1.54, 1.807) is 11.8 Å². The van der Waals surface area contributed by atoms with Gasteiger partial charge in [-0.05, 0) is 104 Å². The number of aromatic nitrogens is 2. The second-order valence-electron chi connectivity index (χ2n) is 15.6. The third-order valence-electron chi connectivity index (χ3n) is 11.4. The summed E-state index contributed by atoms with van der Waals surface area (Å²) in [6.07, 6.45) is 5.72. The number of piperazine rings is 1. The Hall–Kier alpha value is -5.25. The fourth-order valence-corrected chi connectivity index (χ4v) is 10.3. The maximum absolute atomic E-state index is 13.8. The van der Waals surface area contributed by atoms with Gasteiger partial charge in [-0.15, -0.1) is 11.8 Å². The number of piperidine rings is 1. The van der Waals surface area contributed by atoms with Gasteiger partial charge >= 0.3 is 0 Å². The van der Waals surface area contributed by atoms with E-state index in [1.165, 1.54) is 48.8 Å². The van der Waals surface area contributed by atoms with Gasteiger partial charge < -0.3 is 15.1 Å². The molecule has 2 N–H and O–H groups in total. The normalized spacial score (nSPS) is 15.7. The molecule has 0 bridgehead atoms. The van der Waals surface area contributed by atoms with Crippen LogP contribution in [0.2, 0.25) is 5.02 Å². The van der Waals surface area contributed by atoms with E-state index in [0.717, 1.165) is 86.0 Å². The number of hydrogen-bond acceptors (Lipinski definition) is 11. The van der Waals surface area contributed by atoms with E-state index >= 15 is 0 Å². The zero-order valence-corrected chi connectivity index (χ0v) is 36.2. The first-order chi connectivity index (χ1) is 29.7. The largest absolute Gasteiger partial charge is 0.376 e. The van der Waals surface area contributed by atoms with Crippen LogP contribution in [0.15, 0.2) is 131 Å². The van der Waals surface area contributed by atoms with Gasteiger partial charge in [0.05, 0.1) is 15.3 Å². The van der Waals surface area contributed by atoms with Crippen LogP contribution in [-0.4, -0.2) is 90.7 Å². The monoisotopic (exact) mass is 876 g/mol. The molecule has 2 aliphatic heterocycles. The fraction of sp³-hybridized carbons (Fsp3) is 0.304. The van der Waals surface area contributed by atoms with Crippen molar-refractivity contribution in [3.8, 4) is 11.1 Å². The number of hydrogen-bond donors (Lipinski definition) is 2. The molecule has 2 aliphatic rings. The lowest BCUT2D eigenvalue weighted by Crippen LogP contribution is -2.46. The van der Waals surface area contributed by atoms with Gasteiger partial charge in [0.15, 0.2) is 5.82 Å². The van der Waals surface area contributed by atoms with E-state index in [0.29, 0.717) is 16.7 Å². The lowest BCUT2D eigenvalue weighted by atomic mass is 9.99. The second kappa shape index (κ2) is 19.6. The van der Waals surface area contributed by atoms with E-state index in [9.17, 15) is 18.5 Å². The van der Waals surface area contributed by atoms with Gasteiger partial charge in [0.1, 0.15) is 12.0 Å². The van der Waals surface area contributed by atoms with Crippen LogP contribution >= 0.6 is 23.4 Å². The summed E-state index contributed by atoms with van der Waals surface area (Å²) in [7, 11) is -4.27. The standard InChI is InChI=1S/C46H49ClN8O4S2/c47-36-14-17-41(34-10-4-1-5-11-34)35(28-36)31-53-24-26-54(27-25-53)38-15-18-42-44(29-38)48-33-49-46(42)51-61(58,59)40-16-19-43(45(30-40)55(56)57)50-37(20-23-52-21-8-3-9-22-52)32-60-39-12-6-2-7-13-39/h1-2,4-7,10-19,28-30,33,37,50H,3,8-9,20-27,31-32H2,(H,48,49,51)/t37-/m1/s1. The zero-order chi connectivity index (χ0) is 42.2. The van der Waals surface area contributed by atoms with E-state index in [2.05, 4.69) is 71.1 Å². The molecule has 8 rings (SSSR count). The van der Waals surface area contributed by atoms with Crippen LogP contribution < -0.4 is 14.9 Å². The van der Waals surface area contributed by atoms with Crippen LogP contribution in [0, 0.1) is 10.1 Å². The lowest BCUT2D eigenvalue weighted by Gasteiger charge is -2.36. The number of anilines is 3. The van der Waals surface area contributed by atoms with E-state index in [1.807, 2.05) is 60.7 Å². The summed E-state index contributed by atoms with van der Waals surface area (Å²) >= 11 is 8.13. The highest BCUT2D eigenvalue weighted by atomic mass is 35.5. The van der Waals surface area contributed by atoms with Crippen molar-refractivity contribution in [1.29, 1.82) is 0 Å². The summed E-state index contributed by atoms with van der Waals surface area (Å²) in [5.41, 5.74) is 5.05. The fourth-order valence-electron chi connectivity index (χ4n) is 8.11. The molecule has 0 spiro atoms. The summed E-state index contributed by atoms with van der Waals surface area (Å²) in [5, 5.41) is 17.1. The number of thioether (sulfide) groups is 1. The molecule has 1 aromatic heterocycles. The molecule has 5 aromatic carbocycles. The number of halogens is 1. The van der Waals surface area contributed by atoms with Crippen molar-refractivity contribution in [1.82, 2.24) is 19.8 Å². The molecular formula is C46H49ClN8O4S2. The number of likely N-dealkylation sites (tertiary alicyclic amines) is 1. The van der Waals surface area contributed by atoms with Gasteiger partial charge in [0.2, 0.25) is 0 Å². The molecule has 0 radical (unpaired) electrons. The average molecular weight is 878 g/mol. The van der Waals surface area contributed by atoms with Gasteiger partial charge in [-0.25, -0.2) is 18.4 Å². The van der Waals surface area contributed by atoms with Crippen LogP contribution in [0.25, 0.3) is 22.0 Å². The first-order valence-corrected chi connectivity index (χ1v) is 23.6. The molecule has 1 atom stereocenters. The van der Waals surface area contributed by atoms with Crippen LogP contribution in [0.4, 0.5) is 22.9 Å². The molecular weight excluding hydrogens is 828 g/mol. The van der Waals surface area contributed by atoms with Crippen molar-refractivity contribution >= 4 is 67.2 Å². The Balaban J connectivity index is 0.939. The van der Waals surface area contributed by atoms with Gasteiger partial charge in [0.25, 0.3) is 15.7 Å². The summed E-state index contributed by atoms with van der Waals surface area (Å²) < 4.78 is 30.3. The van der Waals surface area contributed by atoms with Crippen LogP contribution in [0.1, 0.15) is 31.2 Å². The van der Waals surface area contributed by atoms with Crippen LogP contribution in [0.3, 0.4) is 0 Å². The van der Waals surface area contributed by atoms with Crippen molar-refractivity contribution < 1.29 is 13.3 Å². The van der Waals surface area contributed by atoms with Gasteiger partial charge in [-0.2, -0.15) is 0 Å². The molecule has 0 amide bonds. The first kappa shape index (κ1) is 42.4. The minimum absolute atomic E-state index is 0.0883. The Morgan fingerprint density at radius 3 is 2.31 bits per heavy atom. The highest BCUT2D eigenvalue weighted by Gasteiger charge is 2.26. The highest BCUT2D eigenvalue weighted by molar-refractivity contribution is 7.99. The Morgan fingerprint density at radius 1 is 0.803 bits per heavy atom. The molecule has 0 aliphatic carbocycles. The number of nitro benzene ring substituents is 1. The maximum Gasteiger partial charge on any atom is 0.293 e. The molecule has 15 heteroatoms. The molecule has 0 saturated carbocycles. The average Bonchev–Trinajstić information content (AvgIpc) is 3.28. The number of nitro groups is 1.